The Labute approximate surface area is 90.1 Å². The monoisotopic (exact) mass is 213 g/mol. The molecule has 0 bridgehead atoms. The van der Waals surface area contributed by atoms with Crippen molar-refractivity contribution in [3.63, 3.8) is 0 Å². The van der Waals surface area contributed by atoms with Crippen LogP contribution in [0.15, 0.2) is 6.20 Å². The van der Waals surface area contributed by atoms with Crippen molar-refractivity contribution in [3.8, 4) is 0 Å². The molecule has 1 unspecified atom stereocenters. The fourth-order valence-corrected chi connectivity index (χ4v) is 1.57. The van der Waals surface area contributed by atoms with Gasteiger partial charge in [-0.1, -0.05) is 0 Å². The van der Waals surface area contributed by atoms with Crippen LogP contribution in [-0.4, -0.2) is 41.8 Å². The van der Waals surface area contributed by atoms with E-state index < -0.39 is 0 Å². The Balaban J connectivity index is 2.61. The molecule has 0 radical (unpaired) electrons. The SMILES string of the molecule is COCCNC(CO)c1cn(C)nc1C. The van der Waals surface area contributed by atoms with Crippen molar-refractivity contribution in [1.29, 1.82) is 0 Å². The van der Waals surface area contributed by atoms with Crippen LogP contribution in [0.4, 0.5) is 0 Å². The zero-order valence-corrected chi connectivity index (χ0v) is 9.53. The summed E-state index contributed by atoms with van der Waals surface area (Å²) in [5.74, 6) is 0. The molecule has 0 saturated heterocycles. The lowest BCUT2D eigenvalue weighted by atomic mass is 10.1. The fourth-order valence-electron chi connectivity index (χ4n) is 1.57. The molecule has 1 heterocycles. The molecule has 0 amide bonds. The molecule has 0 aliphatic carbocycles. The molecule has 0 aliphatic heterocycles. The number of hydrogen-bond donors (Lipinski definition) is 2. The van der Waals surface area contributed by atoms with Crippen molar-refractivity contribution in [2.45, 2.75) is 13.0 Å². The van der Waals surface area contributed by atoms with E-state index in [1.165, 1.54) is 0 Å². The second kappa shape index (κ2) is 5.85. The highest BCUT2D eigenvalue weighted by atomic mass is 16.5. The van der Waals surface area contributed by atoms with E-state index >= 15 is 0 Å². The van der Waals surface area contributed by atoms with Gasteiger partial charge in [0, 0.05) is 32.5 Å². The van der Waals surface area contributed by atoms with Crippen LogP contribution in [0.2, 0.25) is 0 Å². The number of aryl methyl sites for hydroxylation is 2. The lowest BCUT2D eigenvalue weighted by Crippen LogP contribution is -2.27. The summed E-state index contributed by atoms with van der Waals surface area (Å²) >= 11 is 0. The minimum absolute atomic E-state index is 0.0613. The summed E-state index contributed by atoms with van der Waals surface area (Å²) in [7, 11) is 3.53. The van der Waals surface area contributed by atoms with E-state index in [1.807, 2.05) is 20.2 Å². The zero-order chi connectivity index (χ0) is 11.3. The molecule has 5 heteroatoms. The van der Waals surface area contributed by atoms with Crippen molar-refractivity contribution in [3.05, 3.63) is 17.5 Å². The number of aliphatic hydroxyl groups excluding tert-OH is 1. The molecular formula is C10H19N3O2. The number of ether oxygens (including phenoxy) is 1. The fraction of sp³-hybridized carbons (Fsp3) is 0.700. The summed E-state index contributed by atoms with van der Waals surface area (Å²) < 4.78 is 6.70. The Bertz CT molecular complexity index is 299. The topological polar surface area (TPSA) is 59.3 Å². The van der Waals surface area contributed by atoms with Crippen molar-refractivity contribution < 1.29 is 9.84 Å². The molecule has 1 aromatic heterocycles. The number of nitrogens with zero attached hydrogens (tertiary/aromatic N) is 2. The van der Waals surface area contributed by atoms with Gasteiger partial charge in [0.25, 0.3) is 0 Å². The molecule has 0 aliphatic rings. The third-order valence-electron chi connectivity index (χ3n) is 2.31. The van der Waals surface area contributed by atoms with Crippen LogP contribution in [-0.2, 0) is 11.8 Å². The molecule has 0 spiro atoms. The van der Waals surface area contributed by atoms with Gasteiger partial charge >= 0.3 is 0 Å². The Morgan fingerprint density at radius 3 is 2.87 bits per heavy atom. The zero-order valence-electron chi connectivity index (χ0n) is 9.53. The first-order valence-corrected chi connectivity index (χ1v) is 5.02. The normalized spacial score (nSPS) is 13.1. The molecule has 1 atom stereocenters. The van der Waals surface area contributed by atoms with E-state index in [2.05, 4.69) is 10.4 Å². The Morgan fingerprint density at radius 2 is 2.40 bits per heavy atom. The first kappa shape index (κ1) is 12.2. The summed E-state index contributed by atoms with van der Waals surface area (Å²) in [5, 5.41) is 16.7. The first-order valence-electron chi connectivity index (χ1n) is 5.02. The number of hydrogen-bond acceptors (Lipinski definition) is 4. The lowest BCUT2D eigenvalue weighted by molar-refractivity contribution is 0.184. The van der Waals surface area contributed by atoms with Crippen molar-refractivity contribution >= 4 is 0 Å². The van der Waals surface area contributed by atoms with Gasteiger partial charge in [0.15, 0.2) is 0 Å². The predicted octanol–water partition coefficient (Wildman–Crippen LogP) is -0.00208. The highest BCUT2D eigenvalue weighted by molar-refractivity contribution is 5.20. The van der Waals surface area contributed by atoms with Gasteiger partial charge in [0.2, 0.25) is 0 Å². The van der Waals surface area contributed by atoms with E-state index in [1.54, 1.807) is 11.8 Å². The van der Waals surface area contributed by atoms with Crippen LogP contribution >= 0.6 is 0 Å². The largest absolute Gasteiger partial charge is 0.394 e. The van der Waals surface area contributed by atoms with Crippen LogP contribution in [0.3, 0.4) is 0 Å². The molecule has 1 aromatic rings. The summed E-state index contributed by atoms with van der Waals surface area (Å²) in [5.41, 5.74) is 1.98. The number of nitrogens with one attached hydrogen (secondary N) is 1. The van der Waals surface area contributed by atoms with E-state index in [0.717, 1.165) is 17.8 Å². The van der Waals surface area contributed by atoms with E-state index in [-0.39, 0.29) is 12.6 Å². The highest BCUT2D eigenvalue weighted by Crippen LogP contribution is 2.15. The Hall–Kier alpha value is -0.910. The number of methoxy groups -OCH3 is 1. The van der Waals surface area contributed by atoms with Gasteiger partial charge < -0.3 is 15.2 Å². The summed E-state index contributed by atoms with van der Waals surface area (Å²) in [6.07, 6.45) is 1.93. The van der Waals surface area contributed by atoms with E-state index in [4.69, 9.17) is 4.74 Å². The van der Waals surface area contributed by atoms with Gasteiger partial charge in [-0.05, 0) is 6.92 Å². The smallest absolute Gasteiger partial charge is 0.0642 e. The lowest BCUT2D eigenvalue weighted by Gasteiger charge is -2.15. The summed E-state index contributed by atoms with van der Waals surface area (Å²) in [6, 6.07) is -0.0613. The van der Waals surface area contributed by atoms with Crippen molar-refractivity contribution in [1.82, 2.24) is 15.1 Å². The molecule has 0 fully saturated rings. The summed E-state index contributed by atoms with van der Waals surface area (Å²) in [4.78, 5) is 0. The van der Waals surface area contributed by atoms with Crippen LogP contribution < -0.4 is 5.32 Å². The van der Waals surface area contributed by atoms with E-state index in [0.29, 0.717) is 6.61 Å². The Morgan fingerprint density at radius 1 is 1.67 bits per heavy atom. The molecule has 15 heavy (non-hydrogen) atoms. The van der Waals surface area contributed by atoms with Gasteiger partial charge in [0.1, 0.15) is 0 Å². The minimum Gasteiger partial charge on any atom is -0.394 e. The molecule has 1 rings (SSSR count). The van der Waals surface area contributed by atoms with Crippen LogP contribution in [0, 0.1) is 6.92 Å². The van der Waals surface area contributed by atoms with Crippen LogP contribution in [0.5, 0.6) is 0 Å². The number of aliphatic hydroxyl groups is 1. The second-order valence-corrected chi connectivity index (χ2v) is 3.53. The maximum atomic E-state index is 9.27. The van der Waals surface area contributed by atoms with Gasteiger partial charge in [-0.15, -0.1) is 0 Å². The van der Waals surface area contributed by atoms with Crippen LogP contribution in [0.1, 0.15) is 17.3 Å². The van der Waals surface area contributed by atoms with E-state index in [9.17, 15) is 5.11 Å². The molecule has 0 saturated carbocycles. The van der Waals surface area contributed by atoms with Gasteiger partial charge in [-0.2, -0.15) is 5.10 Å². The molecule has 2 N–H and O–H groups in total. The molecule has 0 aromatic carbocycles. The molecular weight excluding hydrogens is 194 g/mol. The molecule has 5 nitrogen and oxygen atoms in total. The third kappa shape index (κ3) is 3.30. The third-order valence-corrected chi connectivity index (χ3v) is 2.31. The Kier molecular flexibility index (Phi) is 4.74. The predicted molar refractivity (Wildman–Crippen MR) is 57.7 cm³/mol. The number of rotatable bonds is 6. The van der Waals surface area contributed by atoms with Gasteiger partial charge in [-0.25, -0.2) is 0 Å². The van der Waals surface area contributed by atoms with Crippen molar-refractivity contribution in [2.24, 2.45) is 7.05 Å². The maximum absolute atomic E-state index is 9.27. The highest BCUT2D eigenvalue weighted by Gasteiger charge is 2.14. The first-order chi connectivity index (χ1) is 7.19. The van der Waals surface area contributed by atoms with Crippen molar-refractivity contribution in [2.75, 3.05) is 26.9 Å². The molecule has 86 valence electrons. The quantitative estimate of drug-likeness (QED) is 0.653. The average Bonchev–Trinajstić information content (AvgIpc) is 2.53. The number of aromatic nitrogens is 2. The minimum atomic E-state index is -0.0613. The average molecular weight is 213 g/mol. The standard InChI is InChI=1S/C10H19N3O2/c1-8-9(6-13(2)12-8)10(7-14)11-4-5-15-3/h6,10-11,14H,4-5,7H2,1-3H3. The van der Waals surface area contributed by atoms with Crippen LogP contribution in [0.25, 0.3) is 0 Å². The summed E-state index contributed by atoms with van der Waals surface area (Å²) in [6.45, 7) is 3.36. The second-order valence-electron chi connectivity index (χ2n) is 3.53. The maximum Gasteiger partial charge on any atom is 0.0642 e. The van der Waals surface area contributed by atoms with Gasteiger partial charge in [0.05, 0.1) is 24.9 Å². The van der Waals surface area contributed by atoms with Gasteiger partial charge in [-0.3, -0.25) is 4.68 Å².